The van der Waals surface area contributed by atoms with Crippen molar-refractivity contribution < 1.29 is 9.59 Å². The molecule has 0 saturated carbocycles. The van der Waals surface area contributed by atoms with Crippen LogP contribution in [0.5, 0.6) is 0 Å². The van der Waals surface area contributed by atoms with E-state index in [2.05, 4.69) is 29.7 Å². The van der Waals surface area contributed by atoms with Gasteiger partial charge in [0.25, 0.3) is 0 Å². The van der Waals surface area contributed by atoms with E-state index in [1.54, 1.807) is 4.90 Å². The third-order valence-electron chi connectivity index (χ3n) is 5.30. The van der Waals surface area contributed by atoms with Gasteiger partial charge in [-0.25, -0.2) is 4.79 Å². The van der Waals surface area contributed by atoms with E-state index in [9.17, 15) is 9.59 Å². The topological polar surface area (TPSA) is 61.4 Å². The van der Waals surface area contributed by atoms with Crippen LogP contribution in [0.15, 0.2) is 48.5 Å². The molecular weight excluding hydrogens is 350 g/mol. The number of piperidine rings is 1. The average Bonchev–Trinajstić information content (AvgIpc) is 2.69. The minimum Gasteiger partial charge on any atom is -0.355 e. The van der Waals surface area contributed by atoms with E-state index in [1.807, 2.05) is 43.3 Å². The molecule has 1 saturated heterocycles. The van der Waals surface area contributed by atoms with E-state index < -0.39 is 0 Å². The van der Waals surface area contributed by atoms with Crippen LogP contribution in [0.2, 0.25) is 0 Å². The molecule has 0 bridgehead atoms. The number of rotatable bonds is 5. The van der Waals surface area contributed by atoms with Crippen molar-refractivity contribution in [1.82, 2.24) is 10.2 Å². The molecule has 5 nitrogen and oxygen atoms in total. The van der Waals surface area contributed by atoms with Crippen molar-refractivity contribution in [1.29, 1.82) is 0 Å². The predicted molar refractivity (Wildman–Crippen MR) is 112 cm³/mol. The molecule has 1 heterocycles. The first kappa shape index (κ1) is 19.9. The molecule has 2 aromatic carbocycles. The fourth-order valence-corrected chi connectivity index (χ4v) is 3.66. The molecule has 148 valence electrons. The van der Waals surface area contributed by atoms with Crippen molar-refractivity contribution in [3.8, 4) is 0 Å². The number of nitrogens with zero attached hydrogens (tertiary/aromatic N) is 1. The fraction of sp³-hybridized carbons (Fsp3) is 0.391. The molecule has 0 spiro atoms. The highest BCUT2D eigenvalue weighted by molar-refractivity contribution is 5.90. The van der Waals surface area contributed by atoms with Gasteiger partial charge in [-0.2, -0.15) is 0 Å². The molecule has 0 radical (unpaired) electrons. The Bertz CT molecular complexity index is 834. The van der Waals surface area contributed by atoms with Gasteiger partial charge in [-0.15, -0.1) is 0 Å². The van der Waals surface area contributed by atoms with Crippen LogP contribution in [-0.4, -0.2) is 36.5 Å². The van der Waals surface area contributed by atoms with E-state index in [4.69, 9.17) is 0 Å². The van der Waals surface area contributed by atoms with Gasteiger partial charge in [0.05, 0.1) is 5.92 Å². The number of benzene rings is 2. The monoisotopic (exact) mass is 379 g/mol. The lowest BCUT2D eigenvalue weighted by atomic mass is 9.97. The number of hydrogen-bond acceptors (Lipinski definition) is 2. The van der Waals surface area contributed by atoms with Gasteiger partial charge in [-0.05, 0) is 61.9 Å². The van der Waals surface area contributed by atoms with E-state index in [-0.39, 0.29) is 17.9 Å². The third-order valence-corrected chi connectivity index (χ3v) is 5.30. The SMILES string of the molecule is Cc1cccc(NC(=O)N2CCCC(C(=O)NCCc3ccccc3C)C2)c1. The number of anilines is 1. The Morgan fingerprint density at radius 2 is 1.93 bits per heavy atom. The number of nitrogens with one attached hydrogen (secondary N) is 2. The van der Waals surface area contributed by atoms with Crippen LogP contribution in [0, 0.1) is 19.8 Å². The van der Waals surface area contributed by atoms with Gasteiger partial charge in [0.15, 0.2) is 0 Å². The van der Waals surface area contributed by atoms with Gasteiger partial charge in [-0.1, -0.05) is 36.4 Å². The average molecular weight is 380 g/mol. The van der Waals surface area contributed by atoms with Crippen molar-refractivity contribution in [3.05, 3.63) is 65.2 Å². The molecule has 1 unspecified atom stereocenters. The Morgan fingerprint density at radius 1 is 1.11 bits per heavy atom. The summed E-state index contributed by atoms with van der Waals surface area (Å²) in [5, 5.41) is 5.99. The molecule has 3 rings (SSSR count). The summed E-state index contributed by atoms with van der Waals surface area (Å²) in [7, 11) is 0. The van der Waals surface area contributed by atoms with Crippen LogP contribution in [0.4, 0.5) is 10.5 Å². The summed E-state index contributed by atoms with van der Waals surface area (Å²) in [6, 6.07) is 15.8. The smallest absolute Gasteiger partial charge is 0.321 e. The minimum atomic E-state index is -0.145. The van der Waals surface area contributed by atoms with Crippen LogP contribution in [0.3, 0.4) is 0 Å². The second-order valence-electron chi connectivity index (χ2n) is 7.55. The van der Waals surface area contributed by atoms with Crippen LogP contribution in [-0.2, 0) is 11.2 Å². The summed E-state index contributed by atoms with van der Waals surface area (Å²) in [6.45, 7) is 5.85. The zero-order valence-corrected chi connectivity index (χ0v) is 16.7. The molecule has 3 amide bonds. The zero-order chi connectivity index (χ0) is 19.9. The largest absolute Gasteiger partial charge is 0.355 e. The quantitative estimate of drug-likeness (QED) is 0.827. The first-order valence-corrected chi connectivity index (χ1v) is 9.98. The molecule has 2 aromatic rings. The predicted octanol–water partition coefficient (Wildman–Crippen LogP) is 3.91. The molecule has 1 fully saturated rings. The highest BCUT2D eigenvalue weighted by Gasteiger charge is 2.28. The molecule has 5 heteroatoms. The second kappa shape index (κ2) is 9.40. The van der Waals surface area contributed by atoms with Crippen LogP contribution in [0.25, 0.3) is 0 Å². The summed E-state index contributed by atoms with van der Waals surface area (Å²) in [5.74, 6) is -0.101. The van der Waals surface area contributed by atoms with Gasteiger partial charge in [0.2, 0.25) is 5.91 Å². The molecule has 2 N–H and O–H groups in total. The third kappa shape index (κ3) is 5.35. The lowest BCUT2D eigenvalue weighted by Crippen LogP contribution is -2.47. The van der Waals surface area contributed by atoms with Crippen molar-refractivity contribution in [3.63, 3.8) is 0 Å². The Balaban J connectivity index is 1.49. The van der Waals surface area contributed by atoms with Crippen molar-refractivity contribution in [2.75, 3.05) is 25.0 Å². The molecule has 1 aliphatic heterocycles. The minimum absolute atomic E-state index is 0.0432. The Hall–Kier alpha value is -2.82. The summed E-state index contributed by atoms with van der Waals surface area (Å²) in [5.41, 5.74) is 4.39. The molecule has 0 aromatic heterocycles. The number of likely N-dealkylation sites (tertiary alicyclic amines) is 1. The lowest BCUT2D eigenvalue weighted by molar-refractivity contribution is -0.126. The van der Waals surface area contributed by atoms with Crippen molar-refractivity contribution in [2.24, 2.45) is 5.92 Å². The maximum absolute atomic E-state index is 12.6. The molecule has 1 aliphatic rings. The fourth-order valence-electron chi connectivity index (χ4n) is 3.66. The molecular formula is C23H29N3O2. The lowest BCUT2D eigenvalue weighted by Gasteiger charge is -2.32. The van der Waals surface area contributed by atoms with Gasteiger partial charge in [0, 0.05) is 25.3 Å². The Kier molecular flexibility index (Phi) is 6.69. The van der Waals surface area contributed by atoms with Crippen LogP contribution >= 0.6 is 0 Å². The van der Waals surface area contributed by atoms with E-state index in [0.29, 0.717) is 19.6 Å². The Labute approximate surface area is 167 Å². The number of amides is 3. The normalized spacial score (nSPS) is 16.5. The Morgan fingerprint density at radius 3 is 2.71 bits per heavy atom. The zero-order valence-electron chi connectivity index (χ0n) is 16.7. The van der Waals surface area contributed by atoms with Gasteiger partial charge >= 0.3 is 6.03 Å². The van der Waals surface area contributed by atoms with E-state index >= 15 is 0 Å². The van der Waals surface area contributed by atoms with Crippen LogP contribution in [0.1, 0.15) is 29.5 Å². The number of carbonyl (C=O) groups is 2. The number of hydrogen-bond donors (Lipinski definition) is 2. The standard InChI is InChI=1S/C23H29N3O2/c1-17-7-5-11-21(15-17)25-23(28)26-14-6-10-20(16-26)22(27)24-13-12-19-9-4-3-8-18(19)2/h3-5,7-9,11,15,20H,6,10,12-14,16H2,1-2H3,(H,24,27)(H,25,28). The summed E-state index contributed by atoms with van der Waals surface area (Å²) in [4.78, 5) is 26.9. The van der Waals surface area contributed by atoms with Crippen molar-refractivity contribution >= 4 is 17.6 Å². The highest BCUT2D eigenvalue weighted by atomic mass is 16.2. The van der Waals surface area contributed by atoms with Gasteiger partial charge < -0.3 is 15.5 Å². The second-order valence-corrected chi connectivity index (χ2v) is 7.55. The highest BCUT2D eigenvalue weighted by Crippen LogP contribution is 2.18. The summed E-state index contributed by atoms with van der Waals surface area (Å²) >= 11 is 0. The van der Waals surface area contributed by atoms with Gasteiger partial charge in [-0.3, -0.25) is 4.79 Å². The molecule has 1 atom stereocenters. The van der Waals surface area contributed by atoms with E-state index in [0.717, 1.165) is 30.5 Å². The number of aryl methyl sites for hydroxylation is 2. The first-order valence-electron chi connectivity index (χ1n) is 9.98. The maximum atomic E-state index is 12.6. The summed E-state index contributed by atoms with van der Waals surface area (Å²) < 4.78 is 0. The number of urea groups is 1. The van der Waals surface area contributed by atoms with Crippen LogP contribution < -0.4 is 10.6 Å². The summed E-state index contributed by atoms with van der Waals surface area (Å²) in [6.07, 6.45) is 2.49. The molecule has 28 heavy (non-hydrogen) atoms. The number of carbonyl (C=O) groups excluding carboxylic acids is 2. The van der Waals surface area contributed by atoms with Crippen molar-refractivity contribution in [2.45, 2.75) is 33.1 Å². The van der Waals surface area contributed by atoms with E-state index in [1.165, 1.54) is 11.1 Å². The maximum Gasteiger partial charge on any atom is 0.321 e. The molecule has 0 aliphatic carbocycles. The first-order chi connectivity index (χ1) is 13.5. The van der Waals surface area contributed by atoms with Gasteiger partial charge in [0.1, 0.15) is 0 Å².